The summed E-state index contributed by atoms with van der Waals surface area (Å²) in [4.78, 5) is 4.50. The second-order valence-corrected chi connectivity index (χ2v) is 8.03. The van der Waals surface area contributed by atoms with Gasteiger partial charge in [0.05, 0.1) is 5.69 Å². The molecule has 1 heterocycles. The lowest BCUT2D eigenvalue weighted by Crippen LogP contribution is -2.26. The van der Waals surface area contributed by atoms with Crippen molar-refractivity contribution in [1.29, 1.82) is 0 Å². The maximum absolute atomic E-state index is 11.9. The number of nitrogens with zero attached hydrogens (tertiary/aromatic N) is 2. The van der Waals surface area contributed by atoms with E-state index < -0.39 is 11.4 Å². The van der Waals surface area contributed by atoms with Gasteiger partial charge in [-0.1, -0.05) is 18.2 Å². The lowest BCUT2D eigenvalue weighted by molar-refractivity contribution is 0.561. The first kappa shape index (κ1) is 14.7. The molecule has 0 fully saturated rings. The molecule has 1 unspecified atom stereocenters. The van der Waals surface area contributed by atoms with Gasteiger partial charge in [-0.2, -0.15) is 0 Å². The molecule has 1 aromatic rings. The maximum atomic E-state index is 11.9. The zero-order valence-electron chi connectivity index (χ0n) is 11.3. The Labute approximate surface area is 111 Å². The molecule has 0 saturated carbocycles. The van der Waals surface area contributed by atoms with Gasteiger partial charge in [-0.25, -0.2) is 4.98 Å². The molecule has 0 amide bonds. The molecule has 0 aromatic carbocycles. The number of rotatable bonds is 3. The van der Waals surface area contributed by atoms with Gasteiger partial charge in [0, 0.05) is 5.38 Å². The molecule has 1 aromatic heterocycles. The van der Waals surface area contributed by atoms with E-state index in [1.165, 1.54) is 0 Å². The van der Waals surface area contributed by atoms with Crippen LogP contribution in [-0.4, -0.2) is 20.0 Å². The first-order valence-corrected chi connectivity index (χ1v) is 7.63. The molecule has 0 bridgehead atoms. The highest BCUT2D eigenvalue weighted by atomic mass is 32.2. The van der Waals surface area contributed by atoms with Gasteiger partial charge in [-0.3, -0.25) is 0 Å². The highest BCUT2D eigenvalue weighted by molar-refractivity contribution is 7.91. The predicted molar refractivity (Wildman–Crippen MR) is 76.3 cm³/mol. The maximum Gasteiger partial charge on any atom is 0.144 e. The van der Waals surface area contributed by atoms with E-state index in [2.05, 4.69) is 23.2 Å². The second kappa shape index (κ2) is 5.50. The Morgan fingerprint density at radius 3 is 2.47 bits per heavy atom. The van der Waals surface area contributed by atoms with Crippen LogP contribution in [0, 0.1) is 0 Å². The summed E-state index contributed by atoms with van der Waals surface area (Å²) >= 11 is 0.348. The van der Waals surface area contributed by atoms with E-state index in [0.717, 1.165) is 16.4 Å². The van der Waals surface area contributed by atoms with Gasteiger partial charge in [-0.15, -0.1) is 11.3 Å². The van der Waals surface area contributed by atoms with Crippen LogP contribution >= 0.6 is 11.3 Å². The molecule has 0 aliphatic carbocycles. The Morgan fingerprint density at radius 2 is 2.06 bits per heavy atom. The summed E-state index contributed by atoms with van der Waals surface area (Å²) in [7, 11) is 0. The van der Waals surface area contributed by atoms with Crippen molar-refractivity contribution >= 4 is 28.4 Å². The first-order chi connectivity index (χ1) is 7.71. The molecule has 0 N–H and O–H groups in total. The molecule has 0 saturated heterocycles. The van der Waals surface area contributed by atoms with Gasteiger partial charge in [0.2, 0.25) is 0 Å². The third kappa shape index (κ3) is 4.08. The highest BCUT2D eigenvalue weighted by Gasteiger charge is 2.27. The minimum atomic E-state index is -1.21. The molecular weight excluding hydrogens is 252 g/mol. The fourth-order valence-corrected chi connectivity index (χ4v) is 2.62. The number of hydrogen-bond donors (Lipinski definition) is 0. The number of thiazole rings is 1. The van der Waals surface area contributed by atoms with Crippen LogP contribution in [-0.2, 0) is 11.4 Å². The van der Waals surface area contributed by atoms with Gasteiger partial charge in [0.25, 0.3) is 0 Å². The molecule has 1 atom stereocenters. The zero-order valence-corrected chi connectivity index (χ0v) is 12.9. The Kier molecular flexibility index (Phi) is 4.75. The Bertz CT molecular complexity index is 405. The predicted octanol–water partition coefficient (Wildman–Crippen LogP) is 3.54. The van der Waals surface area contributed by atoms with Gasteiger partial charge < -0.3 is 4.55 Å². The molecule has 0 aliphatic heterocycles. The third-order valence-electron chi connectivity index (χ3n) is 2.17. The fraction of sp³-hybridized carbons (Fsp3) is 0.667. The standard InChI is InChI=1S/C12H20N2OS2/c1-8(2)10-7-16-11(13-10)9(3)14-17(15)12(4,5)6/h7-8H,1-6H3/b14-9+. The van der Waals surface area contributed by atoms with Crippen molar-refractivity contribution in [2.75, 3.05) is 0 Å². The van der Waals surface area contributed by atoms with Crippen LogP contribution in [0.2, 0.25) is 0 Å². The minimum Gasteiger partial charge on any atom is -0.591 e. The molecule has 1 rings (SSSR count). The van der Waals surface area contributed by atoms with Crippen LogP contribution in [0.3, 0.4) is 0 Å². The SMILES string of the molecule is C/C(=N\[S+]([O-])C(C)(C)C)c1nc(C(C)C)cs1. The van der Waals surface area contributed by atoms with Crippen molar-refractivity contribution in [1.82, 2.24) is 4.98 Å². The molecular formula is C12H20N2OS2. The van der Waals surface area contributed by atoms with Crippen LogP contribution in [0.15, 0.2) is 9.78 Å². The van der Waals surface area contributed by atoms with Crippen LogP contribution < -0.4 is 0 Å². The Balaban J connectivity index is 2.88. The molecule has 3 nitrogen and oxygen atoms in total. The average molecular weight is 272 g/mol. The monoisotopic (exact) mass is 272 g/mol. The summed E-state index contributed by atoms with van der Waals surface area (Å²) in [6.45, 7) is 11.8. The van der Waals surface area contributed by atoms with E-state index in [0.29, 0.717) is 5.92 Å². The topological polar surface area (TPSA) is 48.3 Å². The molecule has 5 heteroatoms. The lowest BCUT2D eigenvalue weighted by atomic mass is 10.2. The largest absolute Gasteiger partial charge is 0.591 e. The molecule has 96 valence electrons. The van der Waals surface area contributed by atoms with Crippen molar-refractivity contribution in [3.63, 3.8) is 0 Å². The molecule has 0 aliphatic rings. The Hall–Kier alpha value is -0.390. The van der Waals surface area contributed by atoms with Crippen molar-refractivity contribution in [2.45, 2.75) is 52.2 Å². The van der Waals surface area contributed by atoms with Crippen molar-refractivity contribution in [3.05, 3.63) is 16.1 Å². The van der Waals surface area contributed by atoms with Gasteiger partial charge in [0.1, 0.15) is 26.8 Å². The zero-order chi connectivity index (χ0) is 13.2. The van der Waals surface area contributed by atoms with E-state index in [1.807, 2.05) is 33.1 Å². The quantitative estimate of drug-likeness (QED) is 0.624. The highest BCUT2D eigenvalue weighted by Crippen LogP contribution is 2.21. The van der Waals surface area contributed by atoms with Gasteiger partial charge in [0.15, 0.2) is 0 Å². The summed E-state index contributed by atoms with van der Waals surface area (Å²) in [5.41, 5.74) is 1.83. The van der Waals surface area contributed by atoms with Gasteiger partial charge >= 0.3 is 0 Å². The van der Waals surface area contributed by atoms with Crippen LogP contribution in [0.1, 0.15) is 58.2 Å². The lowest BCUT2D eigenvalue weighted by Gasteiger charge is -2.18. The summed E-state index contributed by atoms with van der Waals surface area (Å²) < 4.78 is 15.8. The van der Waals surface area contributed by atoms with Crippen LogP contribution in [0.5, 0.6) is 0 Å². The van der Waals surface area contributed by atoms with Crippen molar-refractivity contribution in [3.8, 4) is 0 Å². The van der Waals surface area contributed by atoms with E-state index in [1.54, 1.807) is 11.3 Å². The van der Waals surface area contributed by atoms with E-state index in [-0.39, 0.29) is 4.75 Å². The number of hydrogen-bond acceptors (Lipinski definition) is 4. The molecule has 17 heavy (non-hydrogen) atoms. The normalized spacial score (nSPS) is 15.4. The second-order valence-electron chi connectivity index (χ2n) is 5.27. The van der Waals surface area contributed by atoms with E-state index in [9.17, 15) is 4.55 Å². The molecule has 0 spiro atoms. The minimum absolute atomic E-state index is 0.320. The fourth-order valence-electron chi connectivity index (χ4n) is 1.02. The summed E-state index contributed by atoms with van der Waals surface area (Å²) in [5.74, 6) is 0.418. The van der Waals surface area contributed by atoms with E-state index in [4.69, 9.17) is 0 Å². The smallest absolute Gasteiger partial charge is 0.144 e. The van der Waals surface area contributed by atoms with Crippen LogP contribution in [0.4, 0.5) is 0 Å². The van der Waals surface area contributed by atoms with E-state index >= 15 is 0 Å². The Morgan fingerprint density at radius 1 is 1.47 bits per heavy atom. The van der Waals surface area contributed by atoms with Crippen molar-refractivity contribution in [2.24, 2.45) is 4.40 Å². The summed E-state index contributed by atoms with van der Waals surface area (Å²) in [5, 5.41) is 2.91. The average Bonchev–Trinajstić information content (AvgIpc) is 2.64. The first-order valence-electron chi connectivity index (χ1n) is 5.65. The van der Waals surface area contributed by atoms with Crippen molar-refractivity contribution < 1.29 is 4.55 Å². The van der Waals surface area contributed by atoms with Gasteiger partial charge in [-0.05, 0) is 33.6 Å². The van der Waals surface area contributed by atoms with Crippen LogP contribution in [0.25, 0.3) is 0 Å². The third-order valence-corrected chi connectivity index (χ3v) is 4.62. The summed E-state index contributed by atoms with van der Waals surface area (Å²) in [6.07, 6.45) is 0. The molecule has 0 radical (unpaired) electrons. The summed E-state index contributed by atoms with van der Waals surface area (Å²) in [6, 6.07) is 0. The number of aromatic nitrogens is 1.